The monoisotopic (exact) mass is 360 g/mol. The summed E-state index contributed by atoms with van der Waals surface area (Å²) >= 11 is 0. The number of rotatable bonds is 7. The summed E-state index contributed by atoms with van der Waals surface area (Å²) in [6, 6.07) is 7.58. The Hall–Kier alpha value is -2.83. The van der Waals surface area contributed by atoms with E-state index in [0.717, 1.165) is 23.3 Å². The lowest BCUT2D eigenvalue weighted by Crippen LogP contribution is -2.55. The molecule has 7 nitrogen and oxygen atoms in total. The molecular weight excluding hydrogens is 336 g/mol. The molecule has 2 rings (SSSR count). The normalized spacial score (nSPS) is 17.8. The Balaban J connectivity index is 2.10. The first-order chi connectivity index (χ1) is 12.5. The van der Waals surface area contributed by atoms with Crippen molar-refractivity contribution in [1.82, 2.24) is 10.2 Å². The van der Waals surface area contributed by atoms with Gasteiger partial charge in [-0.1, -0.05) is 43.0 Å². The van der Waals surface area contributed by atoms with Crippen molar-refractivity contribution in [2.24, 2.45) is 0 Å². The van der Waals surface area contributed by atoms with Crippen LogP contribution in [0.2, 0.25) is 0 Å². The van der Waals surface area contributed by atoms with Gasteiger partial charge in [0.25, 0.3) is 0 Å². The van der Waals surface area contributed by atoms with Crippen LogP contribution in [0.5, 0.6) is 0 Å². The van der Waals surface area contributed by atoms with E-state index in [1.54, 1.807) is 0 Å². The van der Waals surface area contributed by atoms with E-state index in [0.29, 0.717) is 13.0 Å². The Kier molecular flexibility index (Phi) is 7.20. The SMILES string of the molecule is C=CCOC(=O)[C@H](Cc1ccccc1)NC(=O)[C@@H]1CCCCN1C(=O)O. The fourth-order valence-corrected chi connectivity index (χ4v) is 2.99. The molecule has 0 unspecified atom stereocenters. The Morgan fingerprint density at radius 1 is 1.31 bits per heavy atom. The van der Waals surface area contributed by atoms with Gasteiger partial charge in [0, 0.05) is 13.0 Å². The fourth-order valence-electron chi connectivity index (χ4n) is 2.99. The van der Waals surface area contributed by atoms with Crippen LogP contribution in [0.4, 0.5) is 4.79 Å². The number of amides is 2. The van der Waals surface area contributed by atoms with Crippen LogP contribution in [0.15, 0.2) is 43.0 Å². The summed E-state index contributed by atoms with van der Waals surface area (Å²) in [4.78, 5) is 37.5. The lowest BCUT2D eigenvalue weighted by atomic mass is 10.0. The third-order valence-corrected chi connectivity index (χ3v) is 4.28. The molecule has 1 aromatic rings. The minimum Gasteiger partial charge on any atom is -0.465 e. The van der Waals surface area contributed by atoms with Crippen molar-refractivity contribution in [3.05, 3.63) is 48.6 Å². The number of likely N-dealkylation sites (tertiary alicyclic amines) is 1. The number of carboxylic acid groups (broad SMARTS) is 1. The number of nitrogens with one attached hydrogen (secondary N) is 1. The van der Waals surface area contributed by atoms with Gasteiger partial charge in [0.1, 0.15) is 18.7 Å². The van der Waals surface area contributed by atoms with Crippen molar-refractivity contribution in [2.45, 2.75) is 37.8 Å². The van der Waals surface area contributed by atoms with Crippen LogP contribution in [-0.4, -0.2) is 53.2 Å². The summed E-state index contributed by atoms with van der Waals surface area (Å²) in [5, 5.41) is 12.0. The van der Waals surface area contributed by atoms with Crippen LogP contribution in [-0.2, 0) is 20.7 Å². The zero-order chi connectivity index (χ0) is 18.9. The van der Waals surface area contributed by atoms with Crippen molar-refractivity contribution in [3.63, 3.8) is 0 Å². The molecule has 1 heterocycles. The maximum Gasteiger partial charge on any atom is 0.407 e. The van der Waals surface area contributed by atoms with Crippen molar-refractivity contribution >= 4 is 18.0 Å². The van der Waals surface area contributed by atoms with Gasteiger partial charge in [0.15, 0.2) is 0 Å². The van der Waals surface area contributed by atoms with E-state index in [2.05, 4.69) is 11.9 Å². The standard InChI is InChI=1S/C19H24N2O5/c1-2-12-26-18(23)15(13-14-8-4-3-5-9-14)20-17(22)16-10-6-7-11-21(16)19(24)25/h2-5,8-9,15-16H,1,6-7,10-13H2,(H,20,22)(H,24,25)/t15-,16-/m0/s1. The van der Waals surface area contributed by atoms with E-state index in [4.69, 9.17) is 4.74 Å². The van der Waals surface area contributed by atoms with Gasteiger partial charge < -0.3 is 15.2 Å². The minimum absolute atomic E-state index is 0.0463. The van der Waals surface area contributed by atoms with Crippen LogP contribution in [0.3, 0.4) is 0 Å². The molecule has 1 aliphatic rings. The lowest BCUT2D eigenvalue weighted by Gasteiger charge is -2.33. The fraction of sp³-hybridized carbons (Fsp3) is 0.421. The first-order valence-electron chi connectivity index (χ1n) is 8.64. The second-order valence-corrected chi connectivity index (χ2v) is 6.16. The molecule has 0 spiro atoms. The van der Waals surface area contributed by atoms with Gasteiger partial charge in [-0.25, -0.2) is 9.59 Å². The first-order valence-corrected chi connectivity index (χ1v) is 8.64. The van der Waals surface area contributed by atoms with Gasteiger partial charge in [0.05, 0.1) is 0 Å². The highest BCUT2D eigenvalue weighted by Gasteiger charge is 2.34. The molecule has 7 heteroatoms. The number of carbonyl (C=O) groups is 3. The number of ether oxygens (including phenoxy) is 1. The van der Waals surface area contributed by atoms with E-state index >= 15 is 0 Å². The van der Waals surface area contributed by atoms with Crippen LogP contribution in [0, 0.1) is 0 Å². The van der Waals surface area contributed by atoms with E-state index in [9.17, 15) is 19.5 Å². The molecule has 0 saturated carbocycles. The van der Waals surface area contributed by atoms with Gasteiger partial charge >= 0.3 is 12.1 Å². The number of piperidine rings is 1. The lowest BCUT2D eigenvalue weighted by molar-refractivity contribution is -0.147. The molecule has 0 bridgehead atoms. The molecule has 1 aromatic carbocycles. The van der Waals surface area contributed by atoms with E-state index in [1.165, 1.54) is 6.08 Å². The number of hydrogen-bond donors (Lipinski definition) is 2. The third-order valence-electron chi connectivity index (χ3n) is 4.28. The van der Waals surface area contributed by atoms with Crippen molar-refractivity contribution in [3.8, 4) is 0 Å². The molecule has 2 amide bonds. The zero-order valence-electron chi connectivity index (χ0n) is 14.6. The predicted molar refractivity (Wildman–Crippen MR) is 95.6 cm³/mol. The highest BCUT2D eigenvalue weighted by Crippen LogP contribution is 2.18. The molecule has 2 atom stereocenters. The van der Waals surface area contributed by atoms with Crippen LogP contribution in [0.1, 0.15) is 24.8 Å². The zero-order valence-corrected chi connectivity index (χ0v) is 14.6. The third kappa shape index (κ3) is 5.34. The molecule has 26 heavy (non-hydrogen) atoms. The van der Waals surface area contributed by atoms with E-state index in [1.807, 2.05) is 30.3 Å². The second kappa shape index (κ2) is 9.60. The molecule has 1 fully saturated rings. The van der Waals surface area contributed by atoms with Crippen LogP contribution in [0.25, 0.3) is 0 Å². The van der Waals surface area contributed by atoms with Gasteiger partial charge in [0.2, 0.25) is 5.91 Å². The van der Waals surface area contributed by atoms with Gasteiger partial charge in [-0.2, -0.15) is 0 Å². The van der Waals surface area contributed by atoms with Gasteiger partial charge in [-0.3, -0.25) is 9.69 Å². The molecular formula is C19H24N2O5. The average molecular weight is 360 g/mol. The van der Waals surface area contributed by atoms with Crippen molar-refractivity contribution < 1.29 is 24.2 Å². The number of esters is 1. The van der Waals surface area contributed by atoms with E-state index < -0.39 is 30.1 Å². The highest BCUT2D eigenvalue weighted by molar-refractivity contribution is 5.89. The summed E-state index contributed by atoms with van der Waals surface area (Å²) in [5.41, 5.74) is 0.868. The number of carbonyl (C=O) groups excluding carboxylic acids is 2. The van der Waals surface area contributed by atoms with Gasteiger partial charge in [-0.05, 0) is 24.8 Å². The summed E-state index contributed by atoms with van der Waals surface area (Å²) in [7, 11) is 0. The number of hydrogen-bond acceptors (Lipinski definition) is 4. The molecule has 0 aromatic heterocycles. The maximum atomic E-state index is 12.6. The molecule has 1 aliphatic heterocycles. The smallest absolute Gasteiger partial charge is 0.407 e. The Bertz CT molecular complexity index is 647. The largest absolute Gasteiger partial charge is 0.465 e. The minimum atomic E-state index is -1.13. The Labute approximate surface area is 152 Å². The maximum absolute atomic E-state index is 12.6. The van der Waals surface area contributed by atoms with Crippen molar-refractivity contribution in [2.75, 3.05) is 13.2 Å². The van der Waals surface area contributed by atoms with Gasteiger partial charge in [-0.15, -0.1) is 0 Å². The number of benzene rings is 1. The summed E-state index contributed by atoms with van der Waals surface area (Å²) in [6.07, 6.45) is 2.53. The predicted octanol–water partition coefficient (Wildman–Crippen LogP) is 1.98. The average Bonchev–Trinajstić information content (AvgIpc) is 2.66. The van der Waals surface area contributed by atoms with Crippen LogP contribution >= 0.6 is 0 Å². The van der Waals surface area contributed by atoms with Crippen LogP contribution < -0.4 is 5.32 Å². The Morgan fingerprint density at radius 2 is 2.04 bits per heavy atom. The quantitative estimate of drug-likeness (QED) is 0.572. The van der Waals surface area contributed by atoms with E-state index in [-0.39, 0.29) is 13.0 Å². The molecule has 2 N–H and O–H groups in total. The first kappa shape index (κ1) is 19.5. The highest BCUT2D eigenvalue weighted by atomic mass is 16.5. The molecule has 0 radical (unpaired) electrons. The summed E-state index contributed by atoms with van der Waals surface area (Å²) < 4.78 is 5.09. The molecule has 140 valence electrons. The number of nitrogens with zero attached hydrogens (tertiary/aromatic N) is 1. The van der Waals surface area contributed by atoms with Crippen molar-refractivity contribution in [1.29, 1.82) is 0 Å². The molecule has 0 aliphatic carbocycles. The summed E-state index contributed by atoms with van der Waals surface area (Å²) in [6.45, 7) is 3.87. The second-order valence-electron chi connectivity index (χ2n) is 6.16. The molecule has 1 saturated heterocycles. The Morgan fingerprint density at radius 3 is 2.69 bits per heavy atom. The topological polar surface area (TPSA) is 95.9 Å². The summed E-state index contributed by atoms with van der Waals surface area (Å²) in [5.74, 6) is -1.04.